The summed E-state index contributed by atoms with van der Waals surface area (Å²) in [7, 11) is 1.28. The van der Waals surface area contributed by atoms with Crippen LogP contribution >= 0.6 is 0 Å². The summed E-state index contributed by atoms with van der Waals surface area (Å²) in [6.07, 6.45) is 1.65. The molecule has 0 saturated carbocycles. The Balaban J connectivity index is 4.74. The highest BCUT2D eigenvalue weighted by molar-refractivity contribution is 5.81. The van der Waals surface area contributed by atoms with Gasteiger partial charge < -0.3 is 14.8 Å². The van der Waals surface area contributed by atoms with E-state index in [0.717, 1.165) is 0 Å². The fraction of sp³-hybridized carbons (Fsp3) is 0.692. The maximum Gasteiger partial charge on any atom is 0.408 e. The molecular weight excluding hydrogens is 234 g/mol. The normalized spacial score (nSPS) is 14.3. The molecule has 1 N–H and O–H groups in total. The number of carbonyl (C=O) groups excluding carboxylic acids is 2. The molecule has 0 spiro atoms. The Morgan fingerprint density at radius 2 is 1.94 bits per heavy atom. The maximum atomic E-state index is 11.7. The lowest BCUT2D eigenvalue weighted by Crippen LogP contribution is -2.47. The molecule has 0 aliphatic rings. The van der Waals surface area contributed by atoms with E-state index in [4.69, 9.17) is 4.74 Å². The van der Waals surface area contributed by atoms with Crippen LogP contribution in [0.4, 0.5) is 4.79 Å². The van der Waals surface area contributed by atoms with Crippen LogP contribution in [0.2, 0.25) is 0 Å². The topological polar surface area (TPSA) is 64.6 Å². The molecule has 0 aromatic rings. The van der Waals surface area contributed by atoms with E-state index >= 15 is 0 Å². The third-order valence-corrected chi connectivity index (χ3v) is 2.33. The number of methoxy groups -OCH3 is 1. The molecule has 104 valence electrons. The Labute approximate surface area is 109 Å². The molecule has 0 aromatic heterocycles. The minimum absolute atomic E-state index is 0.190. The standard InChI is InChI=1S/C13H23NO4/c1-7-9(8-2)10(11(15)17-6)14-12(16)18-13(3,4)5/h7,9-10H,1,8H2,2-6H3,(H,14,16)/t9-,10+/m1/s1. The molecule has 0 aliphatic heterocycles. The molecule has 0 rings (SSSR count). The van der Waals surface area contributed by atoms with Crippen LogP contribution in [0, 0.1) is 5.92 Å². The van der Waals surface area contributed by atoms with E-state index in [1.54, 1.807) is 26.8 Å². The minimum Gasteiger partial charge on any atom is -0.467 e. The Morgan fingerprint density at radius 3 is 2.28 bits per heavy atom. The lowest BCUT2D eigenvalue weighted by atomic mass is 9.97. The van der Waals surface area contributed by atoms with Gasteiger partial charge in [-0.3, -0.25) is 0 Å². The number of hydrogen-bond acceptors (Lipinski definition) is 4. The van der Waals surface area contributed by atoms with E-state index in [0.29, 0.717) is 6.42 Å². The lowest BCUT2D eigenvalue weighted by molar-refractivity contribution is -0.144. The van der Waals surface area contributed by atoms with Crippen LogP contribution in [-0.4, -0.2) is 30.8 Å². The molecule has 0 aromatic carbocycles. The second-order valence-corrected chi connectivity index (χ2v) is 4.95. The fourth-order valence-corrected chi connectivity index (χ4v) is 1.44. The van der Waals surface area contributed by atoms with E-state index in [1.165, 1.54) is 7.11 Å². The van der Waals surface area contributed by atoms with Crippen LogP contribution in [0.1, 0.15) is 34.1 Å². The molecule has 2 atom stereocenters. The summed E-state index contributed by atoms with van der Waals surface area (Å²) in [6.45, 7) is 10.8. The van der Waals surface area contributed by atoms with E-state index in [9.17, 15) is 9.59 Å². The number of esters is 1. The van der Waals surface area contributed by atoms with Crippen LogP contribution in [0.25, 0.3) is 0 Å². The van der Waals surface area contributed by atoms with Gasteiger partial charge in [0.05, 0.1) is 7.11 Å². The van der Waals surface area contributed by atoms with Crippen LogP contribution in [0.5, 0.6) is 0 Å². The quantitative estimate of drug-likeness (QED) is 0.606. The van der Waals surface area contributed by atoms with Gasteiger partial charge in [-0.05, 0) is 27.2 Å². The molecule has 5 nitrogen and oxygen atoms in total. The first-order chi connectivity index (χ1) is 8.25. The van der Waals surface area contributed by atoms with Crippen molar-refractivity contribution in [2.24, 2.45) is 5.92 Å². The molecular formula is C13H23NO4. The Kier molecular flexibility index (Phi) is 6.44. The van der Waals surface area contributed by atoms with Crippen LogP contribution in [0.3, 0.4) is 0 Å². The average molecular weight is 257 g/mol. The highest BCUT2D eigenvalue weighted by Gasteiger charge is 2.29. The number of amides is 1. The van der Waals surface area contributed by atoms with Crippen LogP contribution < -0.4 is 5.32 Å². The van der Waals surface area contributed by atoms with Crippen molar-refractivity contribution < 1.29 is 19.1 Å². The fourth-order valence-electron chi connectivity index (χ4n) is 1.44. The van der Waals surface area contributed by atoms with Crippen LogP contribution in [-0.2, 0) is 14.3 Å². The summed E-state index contributed by atoms with van der Waals surface area (Å²) in [6, 6.07) is -0.771. The predicted molar refractivity (Wildman–Crippen MR) is 69.2 cm³/mol. The van der Waals surface area contributed by atoms with E-state index in [-0.39, 0.29) is 5.92 Å². The highest BCUT2D eigenvalue weighted by Crippen LogP contribution is 2.13. The SMILES string of the molecule is C=C[C@H](CC)[C@H](NC(=O)OC(C)(C)C)C(=O)OC. The largest absolute Gasteiger partial charge is 0.467 e. The van der Waals surface area contributed by atoms with Gasteiger partial charge in [0.15, 0.2) is 0 Å². The maximum absolute atomic E-state index is 11.7. The summed E-state index contributed by atoms with van der Waals surface area (Å²) < 4.78 is 9.78. The Bertz CT molecular complexity index is 307. The van der Waals surface area contributed by atoms with Crippen molar-refractivity contribution in [2.75, 3.05) is 7.11 Å². The van der Waals surface area contributed by atoms with Gasteiger partial charge >= 0.3 is 12.1 Å². The number of rotatable bonds is 5. The van der Waals surface area contributed by atoms with Gasteiger partial charge in [0, 0.05) is 5.92 Å². The number of hydrogen-bond donors (Lipinski definition) is 1. The van der Waals surface area contributed by atoms with Gasteiger partial charge in [0.2, 0.25) is 0 Å². The molecule has 0 heterocycles. The Morgan fingerprint density at radius 1 is 1.39 bits per heavy atom. The van der Waals surface area contributed by atoms with E-state index < -0.39 is 23.7 Å². The Hall–Kier alpha value is -1.52. The molecule has 1 amide bonds. The monoisotopic (exact) mass is 257 g/mol. The van der Waals surface area contributed by atoms with Gasteiger partial charge in [-0.15, -0.1) is 6.58 Å². The molecule has 18 heavy (non-hydrogen) atoms. The number of nitrogens with one attached hydrogen (secondary N) is 1. The highest BCUT2D eigenvalue weighted by atomic mass is 16.6. The summed E-state index contributed by atoms with van der Waals surface area (Å²) in [5.74, 6) is -0.697. The molecule has 0 radical (unpaired) electrons. The zero-order valence-corrected chi connectivity index (χ0v) is 11.8. The van der Waals surface area contributed by atoms with Crippen molar-refractivity contribution in [2.45, 2.75) is 45.8 Å². The van der Waals surface area contributed by atoms with Gasteiger partial charge in [0.1, 0.15) is 11.6 Å². The lowest BCUT2D eigenvalue weighted by Gasteiger charge is -2.25. The molecule has 5 heteroatoms. The summed E-state index contributed by atoms with van der Waals surface area (Å²) in [5, 5.41) is 2.52. The zero-order valence-electron chi connectivity index (χ0n) is 11.8. The molecule has 0 saturated heterocycles. The summed E-state index contributed by atoms with van der Waals surface area (Å²) in [5.41, 5.74) is -0.610. The van der Waals surface area contributed by atoms with Crippen LogP contribution in [0.15, 0.2) is 12.7 Å². The average Bonchev–Trinajstić information content (AvgIpc) is 2.25. The van der Waals surface area contributed by atoms with Gasteiger partial charge in [-0.2, -0.15) is 0 Å². The smallest absolute Gasteiger partial charge is 0.408 e. The van der Waals surface area contributed by atoms with Crippen molar-refractivity contribution >= 4 is 12.1 Å². The van der Waals surface area contributed by atoms with Crippen molar-refractivity contribution in [1.82, 2.24) is 5.32 Å². The van der Waals surface area contributed by atoms with Crippen molar-refractivity contribution in [3.05, 3.63) is 12.7 Å². The summed E-state index contributed by atoms with van der Waals surface area (Å²) in [4.78, 5) is 23.3. The first kappa shape index (κ1) is 16.5. The third-order valence-electron chi connectivity index (χ3n) is 2.33. The van der Waals surface area contributed by atoms with Crippen molar-refractivity contribution in [3.8, 4) is 0 Å². The first-order valence-electron chi connectivity index (χ1n) is 5.95. The van der Waals surface area contributed by atoms with Gasteiger partial charge in [0.25, 0.3) is 0 Å². The van der Waals surface area contributed by atoms with Gasteiger partial charge in [-0.1, -0.05) is 13.0 Å². The zero-order chi connectivity index (χ0) is 14.3. The number of ether oxygens (including phenoxy) is 2. The molecule has 0 bridgehead atoms. The number of carbonyl (C=O) groups is 2. The minimum atomic E-state index is -0.771. The number of alkyl carbamates (subject to hydrolysis) is 1. The molecule has 0 unspecified atom stereocenters. The van der Waals surface area contributed by atoms with Crippen molar-refractivity contribution in [1.29, 1.82) is 0 Å². The molecule has 0 aliphatic carbocycles. The van der Waals surface area contributed by atoms with Gasteiger partial charge in [-0.25, -0.2) is 9.59 Å². The van der Waals surface area contributed by atoms with E-state index in [2.05, 4.69) is 16.6 Å². The predicted octanol–water partition coefficient (Wildman–Crippen LogP) is 2.26. The first-order valence-corrected chi connectivity index (χ1v) is 5.95. The van der Waals surface area contributed by atoms with Crippen molar-refractivity contribution in [3.63, 3.8) is 0 Å². The third kappa shape index (κ3) is 5.70. The second kappa shape index (κ2) is 7.03. The van der Waals surface area contributed by atoms with E-state index in [1.807, 2.05) is 6.92 Å². The summed E-state index contributed by atoms with van der Waals surface area (Å²) >= 11 is 0. The second-order valence-electron chi connectivity index (χ2n) is 4.95. The molecule has 0 fully saturated rings.